The second kappa shape index (κ2) is 6.14. The maximum Gasteiger partial charge on any atom is 0.220 e. The molecule has 0 N–H and O–H groups in total. The Labute approximate surface area is 144 Å². The van der Waals surface area contributed by atoms with E-state index in [1.807, 2.05) is 60.7 Å². The maximum atomic E-state index is 9.36. The van der Waals surface area contributed by atoms with E-state index in [2.05, 4.69) is 11.1 Å². The molecule has 0 aliphatic heterocycles. The quantitative estimate of drug-likeness (QED) is 0.529. The number of fused-ring (bicyclic) bond motifs is 3. The van der Waals surface area contributed by atoms with Crippen LogP contribution in [0.2, 0.25) is 0 Å². The van der Waals surface area contributed by atoms with Gasteiger partial charge in [0.1, 0.15) is 11.3 Å². The van der Waals surface area contributed by atoms with Crippen molar-refractivity contribution in [2.75, 3.05) is 7.11 Å². The fourth-order valence-electron chi connectivity index (χ4n) is 2.82. The van der Waals surface area contributed by atoms with Crippen molar-refractivity contribution >= 4 is 34.0 Å². The van der Waals surface area contributed by atoms with Gasteiger partial charge in [0.25, 0.3) is 0 Å². The molecule has 0 saturated heterocycles. The fraction of sp³-hybridized carbons (Fsp3) is 0.0476. The van der Waals surface area contributed by atoms with Gasteiger partial charge in [0.2, 0.25) is 5.89 Å². The third-order valence-corrected chi connectivity index (χ3v) is 4.07. The van der Waals surface area contributed by atoms with Crippen LogP contribution in [0.1, 0.15) is 17.0 Å². The molecule has 1 aromatic heterocycles. The number of methoxy groups -OCH3 is 1. The van der Waals surface area contributed by atoms with Gasteiger partial charge in [0.15, 0.2) is 5.58 Å². The van der Waals surface area contributed by atoms with E-state index in [9.17, 15) is 5.26 Å². The summed E-state index contributed by atoms with van der Waals surface area (Å²) in [6.07, 6.45) is 3.75. The van der Waals surface area contributed by atoms with Gasteiger partial charge in [-0.15, -0.1) is 0 Å². The minimum Gasteiger partial charge on any atom is -0.497 e. The highest BCUT2D eigenvalue weighted by atomic mass is 16.5. The fourth-order valence-corrected chi connectivity index (χ4v) is 2.82. The Morgan fingerprint density at radius 1 is 1.04 bits per heavy atom. The predicted molar refractivity (Wildman–Crippen MR) is 98.2 cm³/mol. The van der Waals surface area contributed by atoms with Gasteiger partial charge < -0.3 is 9.15 Å². The van der Waals surface area contributed by atoms with Crippen LogP contribution in [0.15, 0.2) is 59.0 Å². The zero-order valence-electron chi connectivity index (χ0n) is 13.6. The SMILES string of the molecule is COc1ccc(C=Cc2nc3c(cc(C#N)c4ccccc43)o2)cc1. The van der Waals surface area contributed by atoms with Gasteiger partial charge in [-0.3, -0.25) is 0 Å². The topological polar surface area (TPSA) is 59.0 Å². The molecule has 1 heterocycles. The molecule has 0 aliphatic carbocycles. The molecule has 0 radical (unpaired) electrons. The largest absolute Gasteiger partial charge is 0.497 e. The summed E-state index contributed by atoms with van der Waals surface area (Å²) in [5, 5.41) is 11.2. The molecule has 0 atom stereocenters. The molecular weight excluding hydrogens is 312 g/mol. The highest BCUT2D eigenvalue weighted by molar-refractivity contribution is 6.06. The summed E-state index contributed by atoms with van der Waals surface area (Å²) in [5.74, 6) is 1.32. The zero-order chi connectivity index (χ0) is 17.2. The Morgan fingerprint density at radius 3 is 2.52 bits per heavy atom. The van der Waals surface area contributed by atoms with Crippen LogP contribution < -0.4 is 4.74 Å². The molecule has 0 fully saturated rings. The number of aromatic nitrogens is 1. The lowest BCUT2D eigenvalue weighted by molar-refractivity contribution is 0.415. The van der Waals surface area contributed by atoms with Crippen molar-refractivity contribution in [2.45, 2.75) is 0 Å². The van der Waals surface area contributed by atoms with Crippen molar-refractivity contribution in [1.82, 2.24) is 4.98 Å². The minimum atomic E-state index is 0.506. The molecule has 0 bridgehead atoms. The molecule has 0 aliphatic rings. The van der Waals surface area contributed by atoms with Crippen LogP contribution in [-0.4, -0.2) is 12.1 Å². The van der Waals surface area contributed by atoms with Crippen molar-refractivity contribution in [2.24, 2.45) is 0 Å². The first-order valence-corrected chi connectivity index (χ1v) is 7.83. The molecule has 3 aromatic carbocycles. The summed E-state index contributed by atoms with van der Waals surface area (Å²) in [4.78, 5) is 4.58. The number of rotatable bonds is 3. The Bertz CT molecular complexity index is 1130. The first kappa shape index (κ1) is 15.0. The number of nitriles is 1. The Kier molecular flexibility index (Phi) is 3.68. The van der Waals surface area contributed by atoms with Crippen molar-refractivity contribution in [3.8, 4) is 11.8 Å². The van der Waals surface area contributed by atoms with Crippen molar-refractivity contribution in [1.29, 1.82) is 5.26 Å². The van der Waals surface area contributed by atoms with E-state index in [0.29, 0.717) is 17.0 Å². The molecule has 0 saturated carbocycles. The van der Waals surface area contributed by atoms with Gasteiger partial charge in [-0.25, -0.2) is 4.98 Å². The van der Waals surface area contributed by atoms with Gasteiger partial charge in [-0.1, -0.05) is 36.4 Å². The lowest BCUT2D eigenvalue weighted by atomic mass is 10.0. The predicted octanol–water partition coefficient (Wildman–Crippen LogP) is 5.03. The smallest absolute Gasteiger partial charge is 0.220 e. The van der Waals surface area contributed by atoms with Gasteiger partial charge in [0.05, 0.1) is 18.7 Å². The Hall–Kier alpha value is -3.58. The van der Waals surface area contributed by atoms with Crippen molar-refractivity contribution in [3.63, 3.8) is 0 Å². The highest BCUT2D eigenvalue weighted by Gasteiger charge is 2.11. The van der Waals surface area contributed by atoms with Gasteiger partial charge in [-0.2, -0.15) is 5.26 Å². The lowest BCUT2D eigenvalue weighted by Gasteiger charge is -1.99. The molecule has 0 unspecified atom stereocenters. The van der Waals surface area contributed by atoms with Crippen LogP contribution >= 0.6 is 0 Å². The average molecular weight is 326 g/mol. The number of hydrogen-bond acceptors (Lipinski definition) is 4. The van der Waals surface area contributed by atoms with E-state index in [0.717, 1.165) is 27.6 Å². The molecule has 4 aromatic rings. The minimum absolute atomic E-state index is 0.506. The lowest BCUT2D eigenvalue weighted by Crippen LogP contribution is -1.81. The van der Waals surface area contributed by atoms with Crippen molar-refractivity contribution in [3.05, 3.63) is 71.6 Å². The maximum absolute atomic E-state index is 9.36. The summed E-state index contributed by atoms with van der Waals surface area (Å²) in [6.45, 7) is 0. The number of oxazole rings is 1. The number of hydrogen-bond donors (Lipinski definition) is 0. The van der Waals surface area contributed by atoms with Crippen molar-refractivity contribution < 1.29 is 9.15 Å². The van der Waals surface area contributed by atoms with Crippen LogP contribution in [0.4, 0.5) is 0 Å². The zero-order valence-corrected chi connectivity index (χ0v) is 13.6. The Morgan fingerprint density at radius 2 is 1.80 bits per heavy atom. The molecule has 4 nitrogen and oxygen atoms in total. The molecule has 120 valence electrons. The van der Waals surface area contributed by atoms with Crippen LogP contribution in [-0.2, 0) is 0 Å². The first-order valence-electron chi connectivity index (χ1n) is 7.83. The molecule has 0 spiro atoms. The molecular formula is C21H14N2O2. The number of nitrogens with zero attached hydrogens (tertiary/aromatic N) is 2. The molecule has 4 heteroatoms. The average Bonchev–Trinajstić information content (AvgIpc) is 3.09. The standard InChI is InChI=1S/C21H14N2O2/c1-24-16-9-6-14(7-10-16)8-11-20-23-21-18-5-3-2-4-17(18)15(13-22)12-19(21)25-20/h2-12H,1H3. The van der Waals surface area contributed by atoms with Crippen LogP contribution in [0.5, 0.6) is 5.75 Å². The van der Waals surface area contributed by atoms with E-state index < -0.39 is 0 Å². The second-order valence-electron chi connectivity index (χ2n) is 5.59. The monoisotopic (exact) mass is 326 g/mol. The normalized spacial score (nSPS) is 11.2. The van der Waals surface area contributed by atoms with E-state index in [1.54, 1.807) is 13.2 Å². The summed E-state index contributed by atoms with van der Waals surface area (Å²) >= 11 is 0. The summed E-state index contributed by atoms with van der Waals surface area (Å²) in [5.41, 5.74) is 2.99. The van der Waals surface area contributed by atoms with Gasteiger partial charge >= 0.3 is 0 Å². The highest BCUT2D eigenvalue weighted by Crippen LogP contribution is 2.29. The van der Waals surface area contributed by atoms with Crippen LogP contribution in [0.25, 0.3) is 34.0 Å². The molecule has 4 rings (SSSR count). The van der Waals surface area contributed by atoms with E-state index in [-0.39, 0.29) is 0 Å². The molecule has 0 amide bonds. The van der Waals surface area contributed by atoms with Gasteiger partial charge in [0, 0.05) is 22.9 Å². The van der Waals surface area contributed by atoms with Gasteiger partial charge in [-0.05, 0) is 23.8 Å². The summed E-state index contributed by atoms with van der Waals surface area (Å²) < 4.78 is 11.0. The summed E-state index contributed by atoms with van der Waals surface area (Å²) in [7, 11) is 1.64. The second-order valence-corrected chi connectivity index (χ2v) is 5.59. The van der Waals surface area contributed by atoms with Crippen LogP contribution in [0.3, 0.4) is 0 Å². The number of ether oxygens (including phenoxy) is 1. The van der Waals surface area contributed by atoms with E-state index in [4.69, 9.17) is 9.15 Å². The first-order chi connectivity index (χ1) is 12.3. The number of benzene rings is 3. The van der Waals surface area contributed by atoms with E-state index in [1.165, 1.54) is 0 Å². The van der Waals surface area contributed by atoms with E-state index >= 15 is 0 Å². The Balaban J connectivity index is 1.77. The third-order valence-electron chi connectivity index (χ3n) is 4.07. The summed E-state index contributed by atoms with van der Waals surface area (Å²) in [6, 6.07) is 19.4. The third kappa shape index (κ3) is 2.73. The van der Waals surface area contributed by atoms with Crippen LogP contribution in [0, 0.1) is 11.3 Å². The molecule has 25 heavy (non-hydrogen) atoms.